The second-order valence-corrected chi connectivity index (χ2v) is 6.57. The lowest BCUT2D eigenvalue weighted by molar-refractivity contribution is 0.540. The fourth-order valence-electron chi connectivity index (χ4n) is 1.90. The van der Waals surface area contributed by atoms with Crippen molar-refractivity contribution in [2.45, 2.75) is 18.7 Å². The molecule has 1 N–H and O–H groups in total. The van der Waals surface area contributed by atoms with E-state index in [1.165, 1.54) is 5.56 Å². The van der Waals surface area contributed by atoms with Crippen molar-refractivity contribution in [2.75, 3.05) is 0 Å². The van der Waals surface area contributed by atoms with Crippen LogP contribution >= 0.6 is 23.4 Å². The summed E-state index contributed by atoms with van der Waals surface area (Å²) in [5, 5.41) is 13.8. The summed E-state index contributed by atoms with van der Waals surface area (Å²) < 4.78 is 0. The lowest BCUT2D eigenvalue weighted by Crippen LogP contribution is -2.30. The molecule has 1 aromatic heterocycles. The molecule has 2 heterocycles. The molecule has 20 heavy (non-hydrogen) atoms. The highest BCUT2D eigenvalue weighted by Crippen LogP contribution is 2.39. The van der Waals surface area contributed by atoms with E-state index >= 15 is 0 Å². The largest absolute Gasteiger partial charge is 0.287 e. The number of hydrazone groups is 1. The lowest BCUT2D eigenvalue weighted by Gasteiger charge is -2.21. The predicted molar refractivity (Wildman–Crippen MR) is 82.8 cm³/mol. The fourth-order valence-corrected chi connectivity index (χ4v) is 3.03. The maximum absolute atomic E-state index is 5.77. The number of thioether (sulfide) groups is 1. The molecule has 1 aliphatic heterocycles. The Balaban J connectivity index is 1.84. The Morgan fingerprint density at radius 1 is 1.10 bits per heavy atom. The van der Waals surface area contributed by atoms with Crippen LogP contribution in [-0.2, 0) is 4.87 Å². The number of rotatable bonds is 2. The first-order valence-corrected chi connectivity index (χ1v) is 7.37. The van der Waals surface area contributed by atoms with Crippen LogP contribution in [-0.4, -0.2) is 15.2 Å². The van der Waals surface area contributed by atoms with E-state index in [2.05, 4.69) is 51.9 Å². The first-order chi connectivity index (χ1) is 9.57. The van der Waals surface area contributed by atoms with Crippen molar-refractivity contribution in [1.29, 1.82) is 0 Å². The molecule has 4 nitrogen and oxygen atoms in total. The molecule has 1 unspecified atom stereocenters. The number of hydrogen-bond donors (Lipinski definition) is 1. The second-order valence-electron chi connectivity index (χ2n) is 4.77. The Morgan fingerprint density at radius 3 is 2.50 bits per heavy atom. The Hall–Kier alpha value is -1.59. The fraction of sp³-hybridized carbons (Fsp3) is 0.214. The van der Waals surface area contributed by atoms with Crippen molar-refractivity contribution in [2.24, 2.45) is 5.10 Å². The molecule has 1 aromatic carbocycles. The lowest BCUT2D eigenvalue weighted by atomic mass is 10.2. The SMILES string of the molecule is Cc1ccc(C2=NNC(C)(c3ccc(Cl)nn3)S2)cc1. The minimum atomic E-state index is -0.419. The molecule has 1 atom stereocenters. The van der Waals surface area contributed by atoms with Crippen LogP contribution in [0.1, 0.15) is 23.7 Å². The first kappa shape index (κ1) is 13.4. The van der Waals surface area contributed by atoms with Crippen molar-refractivity contribution in [3.05, 3.63) is 58.4 Å². The van der Waals surface area contributed by atoms with Gasteiger partial charge in [0.1, 0.15) is 15.6 Å². The zero-order valence-corrected chi connectivity index (χ0v) is 12.7. The van der Waals surface area contributed by atoms with Gasteiger partial charge in [-0.15, -0.1) is 5.10 Å². The third-order valence-corrected chi connectivity index (χ3v) is 4.52. The molecule has 0 saturated heterocycles. The highest BCUT2D eigenvalue weighted by atomic mass is 35.5. The van der Waals surface area contributed by atoms with Gasteiger partial charge in [-0.05, 0) is 26.0 Å². The van der Waals surface area contributed by atoms with Crippen molar-refractivity contribution < 1.29 is 0 Å². The molecule has 0 aliphatic carbocycles. The third kappa shape index (κ3) is 2.51. The van der Waals surface area contributed by atoms with Gasteiger partial charge in [-0.2, -0.15) is 10.2 Å². The third-order valence-electron chi connectivity index (χ3n) is 3.09. The second kappa shape index (κ2) is 5.07. The number of nitrogens with zero attached hydrogens (tertiary/aromatic N) is 3. The van der Waals surface area contributed by atoms with E-state index in [0.29, 0.717) is 5.15 Å². The van der Waals surface area contributed by atoms with Gasteiger partial charge in [0, 0.05) is 5.56 Å². The molecule has 6 heteroatoms. The van der Waals surface area contributed by atoms with Crippen molar-refractivity contribution in [3.8, 4) is 0 Å². The molecule has 3 rings (SSSR count). The van der Waals surface area contributed by atoms with E-state index < -0.39 is 4.87 Å². The minimum Gasteiger partial charge on any atom is -0.287 e. The zero-order chi connectivity index (χ0) is 14.2. The maximum Gasteiger partial charge on any atom is 0.151 e. The molecular weight excluding hydrogens is 292 g/mol. The first-order valence-electron chi connectivity index (χ1n) is 6.17. The molecule has 0 amide bonds. The van der Waals surface area contributed by atoms with Crippen LogP contribution in [0.3, 0.4) is 0 Å². The van der Waals surface area contributed by atoms with Crippen LogP contribution in [0.25, 0.3) is 0 Å². The summed E-state index contributed by atoms with van der Waals surface area (Å²) in [4.78, 5) is -0.419. The van der Waals surface area contributed by atoms with Crippen LogP contribution in [0.5, 0.6) is 0 Å². The van der Waals surface area contributed by atoms with Crippen LogP contribution in [0.4, 0.5) is 0 Å². The summed E-state index contributed by atoms with van der Waals surface area (Å²) in [6, 6.07) is 11.9. The highest BCUT2D eigenvalue weighted by molar-refractivity contribution is 8.15. The minimum absolute atomic E-state index is 0.389. The Morgan fingerprint density at radius 2 is 1.85 bits per heavy atom. The summed E-state index contributed by atoms with van der Waals surface area (Å²) in [5.74, 6) is 0. The molecular formula is C14H13ClN4S. The molecule has 0 bridgehead atoms. The number of nitrogens with one attached hydrogen (secondary N) is 1. The van der Waals surface area contributed by atoms with Gasteiger partial charge in [-0.3, -0.25) is 5.43 Å². The van der Waals surface area contributed by atoms with E-state index in [9.17, 15) is 0 Å². The van der Waals surface area contributed by atoms with Crippen LogP contribution in [0.15, 0.2) is 41.5 Å². The van der Waals surface area contributed by atoms with Gasteiger partial charge in [0.2, 0.25) is 0 Å². The summed E-state index contributed by atoms with van der Waals surface area (Å²) >= 11 is 7.40. The molecule has 1 aliphatic rings. The van der Waals surface area contributed by atoms with E-state index in [-0.39, 0.29) is 0 Å². The molecule has 2 aromatic rings. The smallest absolute Gasteiger partial charge is 0.151 e. The number of aromatic nitrogens is 2. The summed E-state index contributed by atoms with van der Waals surface area (Å²) in [7, 11) is 0. The van der Waals surface area contributed by atoms with Gasteiger partial charge in [0.05, 0.1) is 0 Å². The number of benzene rings is 1. The molecule has 0 saturated carbocycles. The van der Waals surface area contributed by atoms with Gasteiger partial charge >= 0.3 is 0 Å². The molecule has 102 valence electrons. The summed E-state index contributed by atoms with van der Waals surface area (Å²) in [5.41, 5.74) is 6.27. The Kier molecular flexibility index (Phi) is 3.40. The standard InChI is InChI=1S/C14H13ClN4S/c1-9-3-5-10(6-4-9)13-18-19-14(2,20-13)11-7-8-12(15)17-16-11/h3-8,19H,1-2H3. The van der Waals surface area contributed by atoms with E-state index in [0.717, 1.165) is 16.3 Å². The predicted octanol–water partition coefficient (Wildman–Crippen LogP) is 3.31. The van der Waals surface area contributed by atoms with Crippen molar-refractivity contribution in [1.82, 2.24) is 15.6 Å². The monoisotopic (exact) mass is 304 g/mol. The Bertz CT molecular complexity index is 654. The maximum atomic E-state index is 5.77. The summed E-state index contributed by atoms with van der Waals surface area (Å²) in [6.45, 7) is 4.10. The van der Waals surface area contributed by atoms with Gasteiger partial charge < -0.3 is 0 Å². The van der Waals surface area contributed by atoms with Crippen molar-refractivity contribution >= 4 is 28.4 Å². The Labute approximate surface area is 126 Å². The van der Waals surface area contributed by atoms with Crippen molar-refractivity contribution in [3.63, 3.8) is 0 Å². The summed E-state index contributed by atoms with van der Waals surface area (Å²) in [6.07, 6.45) is 0. The van der Waals surface area contributed by atoms with Gasteiger partial charge in [-0.1, -0.05) is 53.2 Å². The quantitative estimate of drug-likeness (QED) is 0.925. The van der Waals surface area contributed by atoms with Crippen LogP contribution < -0.4 is 5.43 Å². The highest BCUT2D eigenvalue weighted by Gasteiger charge is 2.36. The van der Waals surface area contributed by atoms with Gasteiger partial charge in [-0.25, -0.2) is 0 Å². The molecule has 0 spiro atoms. The number of aryl methyl sites for hydroxylation is 1. The van der Waals surface area contributed by atoms with Crippen LogP contribution in [0.2, 0.25) is 5.15 Å². The zero-order valence-electron chi connectivity index (χ0n) is 11.1. The van der Waals surface area contributed by atoms with Gasteiger partial charge in [0.25, 0.3) is 0 Å². The average molecular weight is 305 g/mol. The van der Waals surface area contributed by atoms with Gasteiger partial charge in [0.15, 0.2) is 5.15 Å². The van der Waals surface area contributed by atoms with E-state index in [1.807, 2.05) is 13.0 Å². The molecule has 0 radical (unpaired) electrons. The molecule has 0 fully saturated rings. The average Bonchev–Trinajstić information content (AvgIpc) is 2.84. The van der Waals surface area contributed by atoms with E-state index in [1.54, 1.807) is 17.8 Å². The van der Waals surface area contributed by atoms with Crippen LogP contribution in [0, 0.1) is 6.92 Å². The van der Waals surface area contributed by atoms with E-state index in [4.69, 9.17) is 11.6 Å². The topological polar surface area (TPSA) is 50.2 Å². The normalized spacial score (nSPS) is 21.4. The number of halogens is 1. The number of hydrogen-bond acceptors (Lipinski definition) is 5.